The summed E-state index contributed by atoms with van der Waals surface area (Å²) in [5, 5.41) is 2.60. The number of carbonyl (C=O) groups is 2. The summed E-state index contributed by atoms with van der Waals surface area (Å²) in [6.07, 6.45) is 0.833. The van der Waals surface area contributed by atoms with E-state index in [1.807, 2.05) is 0 Å². The van der Waals surface area contributed by atoms with Crippen LogP contribution in [0.5, 0.6) is 0 Å². The van der Waals surface area contributed by atoms with Crippen LogP contribution in [0.1, 0.15) is 33.6 Å². The van der Waals surface area contributed by atoms with Gasteiger partial charge in [-0.15, -0.1) is 0 Å². The number of alkyl carbamates (subject to hydrolysis) is 1. The molecular weight excluding hydrogens is 250 g/mol. The van der Waals surface area contributed by atoms with Crippen molar-refractivity contribution in [2.75, 3.05) is 20.3 Å². The maximum absolute atomic E-state index is 11.8. The maximum Gasteiger partial charge on any atom is 0.408 e. The molecule has 0 aromatic rings. The summed E-state index contributed by atoms with van der Waals surface area (Å²) in [5.74, 6) is -0.425. The number of carbonyl (C=O) groups excluding carboxylic acids is 2. The second kappa shape index (κ2) is 6.75. The number of hydrogen-bond donors (Lipinski definition) is 1. The van der Waals surface area contributed by atoms with Gasteiger partial charge < -0.3 is 19.5 Å². The summed E-state index contributed by atoms with van der Waals surface area (Å²) in [6.45, 7) is 6.50. The van der Waals surface area contributed by atoms with Crippen LogP contribution in [0.2, 0.25) is 0 Å². The Hall–Kier alpha value is -1.30. The molecule has 110 valence electrons. The molecule has 6 heteroatoms. The second-order valence-corrected chi connectivity index (χ2v) is 5.60. The van der Waals surface area contributed by atoms with E-state index in [0.29, 0.717) is 13.2 Å². The Morgan fingerprint density at radius 1 is 1.26 bits per heavy atom. The molecule has 6 nitrogen and oxygen atoms in total. The predicted molar refractivity (Wildman–Crippen MR) is 68.7 cm³/mol. The SMILES string of the molecule is COC(=O)[C@@H](NC(=O)OC(C)(C)C)C1CCOCC1. The molecule has 0 saturated carbocycles. The zero-order chi connectivity index (χ0) is 14.5. The summed E-state index contributed by atoms with van der Waals surface area (Å²) in [7, 11) is 1.31. The number of nitrogens with one attached hydrogen (secondary N) is 1. The molecule has 0 aromatic carbocycles. The molecule has 1 aliphatic rings. The van der Waals surface area contributed by atoms with E-state index in [1.54, 1.807) is 20.8 Å². The van der Waals surface area contributed by atoms with E-state index in [2.05, 4.69) is 5.32 Å². The van der Waals surface area contributed by atoms with Crippen LogP contribution >= 0.6 is 0 Å². The minimum atomic E-state index is -0.677. The van der Waals surface area contributed by atoms with Gasteiger partial charge in [0, 0.05) is 13.2 Å². The summed E-state index contributed by atoms with van der Waals surface area (Å²) >= 11 is 0. The van der Waals surface area contributed by atoms with Gasteiger partial charge in [-0.3, -0.25) is 0 Å². The van der Waals surface area contributed by atoms with E-state index < -0.39 is 23.7 Å². The molecule has 1 saturated heterocycles. The first-order valence-corrected chi connectivity index (χ1v) is 6.48. The van der Waals surface area contributed by atoms with Gasteiger partial charge in [-0.1, -0.05) is 0 Å². The van der Waals surface area contributed by atoms with Gasteiger partial charge in [-0.2, -0.15) is 0 Å². The lowest BCUT2D eigenvalue weighted by molar-refractivity contribution is -0.145. The minimum absolute atomic E-state index is 0.0220. The maximum atomic E-state index is 11.8. The van der Waals surface area contributed by atoms with E-state index in [0.717, 1.165) is 12.8 Å². The molecule has 0 aliphatic carbocycles. The molecular formula is C13H23NO5. The van der Waals surface area contributed by atoms with Crippen molar-refractivity contribution in [3.63, 3.8) is 0 Å². The third-order valence-corrected chi connectivity index (χ3v) is 2.86. The van der Waals surface area contributed by atoms with Crippen LogP contribution in [0.15, 0.2) is 0 Å². The standard InChI is InChI=1S/C13H23NO5/c1-13(2,3)19-12(16)14-10(11(15)17-4)9-5-7-18-8-6-9/h9-10H,5-8H2,1-4H3,(H,14,16)/t10-/m0/s1. The summed E-state index contributed by atoms with van der Waals surface area (Å²) in [6, 6.07) is -0.677. The molecule has 0 radical (unpaired) electrons. The van der Waals surface area contributed by atoms with Crippen molar-refractivity contribution in [1.82, 2.24) is 5.32 Å². The fourth-order valence-electron chi connectivity index (χ4n) is 1.98. The van der Waals surface area contributed by atoms with Crippen molar-refractivity contribution in [3.8, 4) is 0 Å². The van der Waals surface area contributed by atoms with Crippen LogP contribution in [-0.4, -0.2) is 44.0 Å². The van der Waals surface area contributed by atoms with Crippen molar-refractivity contribution in [2.24, 2.45) is 5.92 Å². The van der Waals surface area contributed by atoms with E-state index in [9.17, 15) is 9.59 Å². The summed E-state index contributed by atoms with van der Waals surface area (Å²) < 4.78 is 15.2. The quantitative estimate of drug-likeness (QED) is 0.788. The van der Waals surface area contributed by atoms with Gasteiger partial charge in [0.25, 0.3) is 0 Å². The monoisotopic (exact) mass is 273 g/mol. The molecule has 1 heterocycles. The highest BCUT2D eigenvalue weighted by Gasteiger charge is 2.33. The molecule has 1 atom stereocenters. The average Bonchev–Trinajstić information content (AvgIpc) is 2.34. The van der Waals surface area contributed by atoms with Gasteiger partial charge in [0.2, 0.25) is 0 Å². The first-order chi connectivity index (χ1) is 8.83. The summed E-state index contributed by atoms with van der Waals surface area (Å²) in [5.41, 5.74) is -0.597. The van der Waals surface area contributed by atoms with Crippen molar-refractivity contribution < 1.29 is 23.8 Å². The Kier molecular flexibility index (Phi) is 5.60. The molecule has 0 spiro atoms. The highest BCUT2D eigenvalue weighted by Crippen LogP contribution is 2.20. The van der Waals surface area contributed by atoms with E-state index in [4.69, 9.17) is 14.2 Å². The highest BCUT2D eigenvalue weighted by molar-refractivity contribution is 5.81. The van der Waals surface area contributed by atoms with Crippen molar-refractivity contribution >= 4 is 12.1 Å². The van der Waals surface area contributed by atoms with E-state index in [-0.39, 0.29) is 5.92 Å². The Morgan fingerprint density at radius 2 is 1.84 bits per heavy atom. The number of ether oxygens (including phenoxy) is 3. The smallest absolute Gasteiger partial charge is 0.408 e. The van der Waals surface area contributed by atoms with E-state index in [1.165, 1.54) is 7.11 Å². The van der Waals surface area contributed by atoms with Crippen LogP contribution in [0.4, 0.5) is 4.79 Å². The van der Waals surface area contributed by atoms with Gasteiger partial charge in [-0.25, -0.2) is 9.59 Å². The van der Waals surface area contributed by atoms with Crippen LogP contribution in [0.25, 0.3) is 0 Å². The van der Waals surface area contributed by atoms with Crippen LogP contribution in [0.3, 0.4) is 0 Å². The zero-order valence-corrected chi connectivity index (χ0v) is 12.0. The number of amides is 1. The minimum Gasteiger partial charge on any atom is -0.467 e. The number of hydrogen-bond acceptors (Lipinski definition) is 5. The molecule has 19 heavy (non-hydrogen) atoms. The first kappa shape index (κ1) is 15.8. The fourth-order valence-corrected chi connectivity index (χ4v) is 1.98. The van der Waals surface area contributed by atoms with Gasteiger partial charge in [0.1, 0.15) is 11.6 Å². The van der Waals surface area contributed by atoms with Crippen molar-refractivity contribution in [3.05, 3.63) is 0 Å². The molecule has 0 bridgehead atoms. The van der Waals surface area contributed by atoms with Crippen LogP contribution in [-0.2, 0) is 19.0 Å². The first-order valence-electron chi connectivity index (χ1n) is 6.48. The normalized spacial score (nSPS) is 18.5. The van der Waals surface area contributed by atoms with Gasteiger partial charge in [0.15, 0.2) is 0 Å². The lowest BCUT2D eigenvalue weighted by Gasteiger charge is -2.30. The molecule has 0 aromatic heterocycles. The predicted octanol–water partition coefficient (Wildman–Crippen LogP) is 1.48. The Labute approximate surface area is 113 Å². The molecule has 1 aliphatic heterocycles. The topological polar surface area (TPSA) is 73.9 Å². The third-order valence-electron chi connectivity index (χ3n) is 2.86. The van der Waals surface area contributed by atoms with Crippen LogP contribution < -0.4 is 5.32 Å². The number of methoxy groups -OCH3 is 1. The summed E-state index contributed by atoms with van der Waals surface area (Å²) in [4.78, 5) is 23.5. The Balaban J connectivity index is 2.64. The van der Waals surface area contributed by atoms with Gasteiger partial charge >= 0.3 is 12.1 Å². The average molecular weight is 273 g/mol. The Bertz CT molecular complexity index is 317. The van der Waals surface area contributed by atoms with Gasteiger partial charge in [-0.05, 0) is 39.5 Å². The van der Waals surface area contributed by atoms with Gasteiger partial charge in [0.05, 0.1) is 7.11 Å². The zero-order valence-electron chi connectivity index (χ0n) is 12.0. The van der Waals surface area contributed by atoms with Crippen LogP contribution in [0, 0.1) is 5.92 Å². The lowest BCUT2D eigenvalue weighted by atomic mass is 9.92. The number of esters is 1. The Morgan fingerprint density at radius 3 is 2.32 bits per heavy atom. The molecule has 1 fully saturated rings. The largest absolute Gasteiger partial charge is 0.467 e. The second-order valence-electron chi connectivity index (χ2n) is 5.60. The molecule has 1 N–H and O–H groups in total. The highest BCUT2D eigenvalue weighted by atomic mass is 16.6. The fraction of sp³-hybridized carbons (Fsp3) is 0.846. The van der Waals surface area contributed by atoms with Crippen molar-refractivity contribution in [1.29, 1.82) is 0 Å². The van der Waals surface area contributed by atoms with Crippen molar-refractivity contribution in [2.45, 2.75) is 45.3 Å². The molecule has 0 unspecified atom stereocenters. The lowest BCUT2D eigenvalue weighted by Crippen LogP contribution is -2.49. The van der Waals surface area contributed by atoms with E-state index >= 15 is 0 Å². The number of rotatable bonds is 3. The molecule has 1 rings (SSSR count). The third kappa shape index (κ3) is 5.46. The molecule has 1 amide bonds.